The lowest BCUT2D eigenvalue weighted by molar-refractivity contribution is -0.117. The van der Waals surface area contributed by atoms with E-state index in [0.29, 0.717) is 21.9 Å². The molecule has 32 heavy (non-hydrogen) atoms. The minimum absolute atomic E-state index is 0.0462. The van der Waals surface area contributed by atoms with Gasteiger partial charge in [0.1, 0.15) is 10.6 Å². The lowest BCUT2D eigenvalue weighted by Crippen LogP contribution is -2.31. The summed E-state index contributed by atoms with van der Waals surface area (Å²) in [5.74, 6) is -1.84. The SMILES string of the molecule is COC(=O)c1sc(N2C(=O)C(O)=C(C(=O)c3cccs3)C2c2ccc(OC)cc2)nc1C. The van der Waals surface area contributed by atoms with Crippen molar-refractivity contribution in [3.8, 4) is 5.75 Å². The fourth-order valence-corrected chi connectivity index (χ4v) is 5.13. The van der Waals surface area contributed by atoms with E-state index < -0.39 is 29.5 Å². The molecule has 1 unspecified atom stereocenters. The van der Waals surface area contributed by atoms with Crippen molar-refractivity contribution in [1.29, 1.82) is 0 Å². The van der Waals surface area contributed by atoms with E-state index in [-0.39, 0.29) is 15.6 Å². The smallest absolute Gasteiger partial charge is 0.350 e. The van der Waals surface area contributed by atoms with E-state index in [4.69, 9.17) is 9.47 Å². The van der Waals surface area contributed by atoms with E-state index in [9.17, 15) is 19.5 Å². The van der Waals surface area contributed by atoms with Gasteiger partial charge in [0.2, 0.25) is 5.78 Å². The molecule has 2 aromatic heterocycles. The molecule has 0 aliphatic carbocycles. The highest BCUT2D eigenvalue weighted by Crippen LogP contribution is 2.44. The van der Waals surface area contributed by atoms with Crippen molar-refractivity contribution in [1.82, 2.24) is 4.98 Å². The molecule has 3 aromatic rings. The summed E-state index contributed by atoms with van der Waals surface area (Å²) in [5.41, 5.74) is 0.918. The van der Waals surface area contributed by atoms with Crippen LogP contribution >= 0.6 is 22.7 Å². The second-order valence-corrected chi connectivity index (χ2v) is 8.75. The fourth-order valence-electron chi connectivity index (χ4n) is 3.44. The predicted molar refractivity (Wildman–Crippen MR) is 120 cm³/mol. The second kappa shape index (κ2) is 8.56. The lowest BCUT2D eigenvalue weighted by Gasteiger charge is -2.24. The number of nitrogens with zero attached hydrogens (tertiary/aromatic N) is 2. The zero-order valence-electron chi connectivity index (χ0n) is 17.3. The van der Waals surface area contributed by atoms with Crippen LogP contribution in [0.2, 0.25) is 0 Å². The van der Waals surface area contributed by atoms with Crippen LogP contribution in [-0.2, 0) is 9.53 Å². The van der Waals surface area contributed by atoms with Crippen LogP contribution in [0.1, 0.15) is 36.6 Å². The topological polar surface area (TPSA) is 106 Å². The number of Topliss-reactive ketones (excluding diaryl/α,β-unsaturated/α-hetero) is 1. The van der Waals surface area contributed by atoms with Crippen LogP contribution in [0.25, 0.3) is 0 Å². The van der Waals surface area contributed by atoms with Gasteiger partial charge in [0.15, 0.2) is 10.9 Å². The molecule has 0 spiro atoms. The summed E-state index contributed by atoms with van der Waals surface area (Å²) in [6, 6.07) is 9.26. The quantitative estimate of drug-likeness (QED) is 0.427. The highest BCUT2D eigenvalue weighted by Gasteiger charge is 2.46. The normalized spacial score (nSPS) is 15.9. The van der Waals surface area contributed by atoms with Crippen LogP contribution in [0.5, 0.6) is 5.75 Å². The number of esters is 1. The number of aromatic nitrogens is 1. The van der Waals surface area contributed by atoms with Gasteiger partial charge in [-0.1, -0.05) is 29.5 Å². The van der Waals surface area contributed by atoms with Crippen LogP contribution in [0.15, 0.2) is 53.1 Å². The van der Waals surface area contributed by atoms with Crippen molar-refractivity contribution in [2.45, 2.75) is 13.0 Å². The number of amides is 1. The molecule has 0 saturated heterocycles. The van der Waals surface area contributed by atoms with Gasteiger partial charge in [0.05, 0.1) is 36.4 Å². The van der Waals surface area contributed by atoms with Gasteiger partial charge in [-0.3, -0.25) is 14.5 Å². The molecule has 1 N–H and O–H groups in total. The first-order valence-corrected chi connectivity index (χ1v) is 11.1. The van der Waals surface area contributed by atoms with Crippen molar-refractivity contribution in [3.05, 3.63) is 74.1 Å². The number of rotatable bonds is 6. The maximum atomic E-state index is 13.3. The number of hydrogen-bond acceptors (Lipinski definition) is 9. The van der Waals surface area contributed by atoms with E-state index in [1.165, 1.54) is 30.5 Å². The third-order valence-electron chi connectivity index (χ3n) is 4.99. The Labute approximate surface area is 191 Å². The first-order chi connectivity index (χ1) is 15.4. The molecule has 1 amide bonds. The standard InChI is InChI=1S/C22H18N2O6S2/c1-11-19(21(28)30-3)32-22(23-11)24-16(12-6-8-13(29-2)9-7-12)15(18(26)20(24)27)17(25)14-5-4-10-31-14/h4-10,16,26H,1-3H3. The van der Waals surface area contributed by atoms with Crippen LogP contribution < -0.4 is 9.64 Å². The van der Waals surface area contributed by atoms with Crippen molar-refractivity contribution in [2.24, 2.45) is 0 Å². The molecule has 1 atom stereocenters. The zero-order chi connectivity index (χ0) is 23.0. The number of methoxy groups -OCH3 is 2. The molecule has 4 rings (SSSR count). The molecule has 0 fully saturated rings. The monoisotopic (exact) mass is 470 g/mol. The third-order valence-corrected chi connectivity index (χ3v) is 7.00. The summed E-state index contributed by atoms with van der Waals surface area (Å²) in [6.45, 7) is 1.63. The molecule has 0 bridgehead atoms. The van der Waals surface area contributed by atoms with Gasteiger partial charge >= 0.3 is 5.97 Å². The molecule has 0 saturated carbocycles. The molecule has 1 aliphatic heterocycles. The van der Waals surface area contributed by atoms with Crippen molar-refractivity contribution >= 4 is 45.5 Å². The Bertz CT molecular complexity index is 1230. The molecule has 0 radical (unpaired) electrons. The minimum atomic E-state index is -0.931. The molecule has 3 heterocycles. The number of carbonyl (C=O) groups excluding carboxylic acids is 3. The fraction of sp³-hybridized carbons (Fsp3) is 0.182. The molecular formula is C22H18N2O6S2. The molecular weight excluding hydrogens is 452 g/mol. The lowest BCUT2D eigenvalue weighted by atomic mass is 9.95. The molecule has 1 aromatic carbocycles. The number of hydrogen-bond donors (Lipinski definition) is 1. The second-order valence-electron chi connectivity index (χ2n) is 6.82. The number of aliphatic hydroxyl groups excluding tert-OH is 1. The van der Waals surface area contributed by atoms with E-state index in [1.807, 2.05) is 0 Å². The van der Waals surface area contributed by atoms with Gasteiger partial charge in [0, 0.05) is 0 Å². The summed E-state index contributed by atoms with van der Waals surface area (Å²) in [7, 11) is 2.79. The van der Waals surface area contributed by atoms with E-state index in [0.717, 1.165) is 11.3 Å². The Kier molecular flexibility index (Phi) is 5.81. The predicted octanol–water partition coefficient (Wildman–Crippen LogP) is 4.09. The summed E-state index contributed by atoms with van der Waals surface area (Å²) in [6.07, 6.45) is 0. The summed E-state index contributed by atoms with van der Waals surface area (Å²) in [5, 5.41) is 12.7. The number of thiazole rings is 1. The Balaban J connectivity index is 1.86. The van der Waals surface area contributed by atoms with E-state index in [1.54, 1.807) is 48.7 Å². The highest BCUT2D eigenvalue weighted by molar-refractivity contribution is 7.17. The van der Waals surface area contributed by atoms with Crippen LogP contribution in [-0.4, -0.2) is 42.0 Å². The van der Waals surface area contributed by atoms with Crippen molar-refractivity contribution in [3.63, 3.8) is 0 Å². The van der Waals surface area contributed by atoms with Gasteiger partial charge in [0.25, 0.3) is 5.91 Å². The largest absolute Gasteiger partial charge is 0.503 e. The first kappa shape index (κ1) is 21.7. The van der Waals surface area contributed by atoms with Gasteiger partial charge in [-0.25, -0.2) is 9.78 Å². The average Bonchev–Trinajstić information content (AvgIpc) is 3.52. The Morgan fingerprint density at radius 3 is 2.47 bits per heavy atom. The Hall–Kier alpha value is -3.50. The van der Waals surface area contributed by atoms with E-state index in [2.05, 4.69) is 4.98 Å². The summed E-state index contributed by atoms with van der Waals surface area (Å²) in [4.78, 5) is 44.7. The molecule has 1 aliphatic rings. The summed E-state index contributed by atoms with van der Waals surface area (Å²) >= 11 is 2.18. The van der Waals surface area contributed by atoms with Crippen LogP contribution in [0.3, 0.4) is 0 Å². The number of carbonyl (C=O) groups is 3. The number of ether oxygens (including phenoxy) is 2. The van der Waals surface area contributed by atoms with Crippen molar-refractivity contribution < 1.29 is 29.0 Å². The number of ketones is 1. The number of anilines is 1. The Morgan fingerprint density at radius 1 is 1.16 bits per heavy atom. The van der Waals surface area contributed by atoms with Gasteiger partial charge in [-0.15, -0.1) is 11.3 Å². The average molecular weight is 471 g/mol. The maximum Gasteiger partial charge on any atom is 0.350 e. The maximum absolute atomic E-state index is 13.3. The van der Waals surface area contributed by atoms with Gasteiger partial charge in [-0.05, 0) is 36.1 Å². The zero-order valence-corrected chi connectivity index (χ0v) is 19.0. The molecule has 10 heteroatoms. The third kappa shape index (κ3) is 3.57. The number of aryl methyl sites for hydroxylation is 1. The van der Waals surface area contributed by atoms with Gasteiger partial charge < -0.3 is 14.6 Å². The Morgan fingerprint density at radius 2 is 1.88 bits per heavy atom. The number of benzene rings is 1. The minimum Gasteiger partial charge on any atom is -0.503 e. The van der Waals surface area contributed by atoms with Crippen LogP contribution in [0.4, 0.5) is 5.13 Å². The first-order valence-electron chi connectivity index (χ1n) is 9.42. The molecule has 8 nitrogen and oxygen atoms in total. The van der Waals surface area contributed by atoms with Crippen LogP contribution in [0, 0.1) is 6.92 Å². The van der Waals surface area contributed by atoms with E-state index >= 15 is 0 Å². The highest BCUT2D eigenvalue weighted by atomic mass is 32.1. The van der Waals surface area contributed by atoms with Crippen molar-refractivity contribution in [2.75, 3.05) is 19.1 Å². The number of aliphatic hydroxyl groups is 1. The molecule has 164 valence electrons. The van der Waals surface area contributed by atoms with Gasteiger partial charge in [-0.2, -0.15) is 0 Å². The summed E-state index contributed by atoms with van der Waals surface area (Å²) < 4.78 is 10.00. The number of thiophene rings is 1.